The number of rotatable bonds is 3. The Morgan fingerprint density at radius 2 is 1.78 bits per heavy atom. The van der Waals surface area contributed by atoms with Gasteiger partial charge >= 0.3 is 0 Å². The summed E-state index contributed by atoms with van der Waals surface area (Å²) in [7, 11) is 0. The van der Waals surface area contributed by atoms with Crippen molar-refractivity contribution in [1.29, 1.82) is 0 Å². The Hall–Kier alpha value is -0.760. The predicted molar refractivity (Wildman–Crippen MR) is 77.7 cm³/mol. The molecule has 2 aromatic rings. The molecule has 0 aliphatic rings. The summed E-state index contributed by atoms with van der Waals surface area (Å²) in [5, 5.41) is 0.908. The molecule has 18 heavy (non-hydrogen) atoms. The highest BCUT2D eigenvalue weighted by molar-refractivity contribution is 6.37. The van der Waals surface area contributed by atoms with Crippen LogP contribution in [0.3, 0.4) is 0 Å². The maximum absolute atomic E-state index is 6.38. The van der Waals surface area contributed by atoms with Gasteiger partial charge in [0.2, 0.25) is 0 Å². The molecule has 0 spiro atoms. The van der Waals surface area contributed by atoms with E-state index < -0.39 is 0 Å². The highest BCUT2D eigenvalue weighted by atomic mass is 35.5. The summed E-state index contributed by atoms with van der Waals surface area (Å²) in [5.41, 5.74) is 2.82. The number of halogens is 3. The molecule has 0 aliphatic heterocycles. The maximum atomic E-state index is 6.38. The van der Waals surface area contributed by atoms with E-state index in [1.54, 1.807) is 12.1 Å². The molecule has 1 unspecified atom stereocenters. The molecule has 0 saturated heterocycles. The molecule has 1 nitrogen and oxygen atoms in total. The van der Waals surface area contributed by atoms with Gasteiger partial charge in [-0.05, 0) is 30.7 Å². The van der Waals surface area contributed by atoms with Crippen LogP contribution in [0.25, 0.3) is 0 Å². The van der Waals surface area contributed by atoms with E-state index in [-0.39, 0.29) is 5.38 Å². The van der Waals surface area contributed by atoms with Crippen molar-refractivity contribution in [3.8, 4) is 0 Å². The Labute approximate surface area is 122 Å². The van der Waals surface area contributed by atoms with Crippen LogP contribution in [-0.2, 0) is 6.42 Å². The average Bonchev–Trinajstić information content (AvgIpc) is 2.32. The lowest BCUT2D eigenvalue weighted by atomic mass is 10.1. The molecular weight excluding hydrogens is 289 g/mol. The van der Waals surface area contributed by atoms with E-state index in [0.29, 0.717) is 16.5 Å². The first-order valence-electron chi connectivity index (χ1n) is 5.57. The molecule has 1 atom stereocenters. The van der Waals surface area contributed by atoms with E-state index in [0.717, 1.165) is 16.8 Å². The molecule has 0 bridgehead atoms. The van der Waals surface area contributed by atoms with Gasteiger partial charge in [0.15, 0.2) is 0 Å². The molecule has 0 radical (unpaired) electrons. The Bertz CT molecular complexity index is 517. The minimum Gasteiger partial charge on any atom is -0.261 e. The quantitative estimate of drug-likeness (QED) is 0.708. The van der Waals surface area contributed by atoms with E-state index in [4.69, 9.17) is 34.8 Å². The fourth-order valence-electron chi connectivity index (χ4n) is 1.71. The Morgan fingerprint density at radius 3 is 2.33 bits per heavy atom. The summed E-state index contributed by atoms with van der Waals surface area (Å²) in [6, 6.07) is 9.37. The average molecular weight is 301 g/mol. The number of hydrogen-bond donors (Lipinski definition) is 0. The Kier molecular flexibility index (Phi) is 4.50. The topological polar surface area (TPSA) is 12.9 Å². The van der Waals surface area contributed by atoms with Gasteiger partial charge in [0, 0.05) is 33.9 Å². The third-order valence-electron chi connectivity index (χ3n) is 2.67. The van der Waals surface area contributed by atoms with Crippen molar-refractivity contribution < 1.29 is 0 Å². The lowest BCUT2D eigenvalue weighted by Crippen LogP contribution is -2.00. The molecule has 94 valence electrons. The monoisotopic (exact) mass is 299 g/mol. The lowest BCUT2D eigenvalue weighted by Gasteiger charge is -2.13. The molecule has 0 saturated carbocycles. The van der Waals surface area contributed by atoms with Crippen LogP contribution in [0.4, 0.5) is 0 Å². The Morgan fingerprint density at radius 1 is 1.11 bits per heavy atom. The van der Waals surface area contributed by atoms with E-state index in [2.05, 4.69) is 4.98 Å². The third kappa shape index (κ3) is 3.17. The third-order valence-corrected chi connectivity index (χ3v) is 3.71. The maximum Gasteiger partial charge on any atom is 0.0670 e. The van der Waals surface area contributed by atoms with Crippen LogP contribution in [-0.4, -0.2) is 4.98 Å². The van der Waals surface area contributed by atoms with E-state index in [9.17, 15) is 0 Å². The van der Waals surface area contributed by atoms with Gasteiger partial charge in [-0.15, -0.1) is 11.6 Å². The first-order chi connectivity index (χ1) is 8.58. The van der Waals surface area contributed by atoms with Gasteiger partial charge in [-0.3, -0.25) is 4.98 Å². The summed E-state index contributed by atoms with van der Waals surface area (Å²) in [5.74, 6) is 0. The molecule has 0 amide bonds. The van der Waals surface area contributed by atoms with Gasteiger partial charge in [0.1, 0.15) is 0 Å². The second-order valence-corrected chi connectivity index (χ2v) is 5.48. The largest absolute Gasteiger partial charge is 0.261 e. The summed E-state index contributed by atoms with van der Waals surface area (Å²) < 4.78 is 0. The SMILES string of the molecule is Cc1ccc(CC(Cl)c2c(Cl)cccc2Cl)nc1. The molecule has 4 heteroatoms. The molecule has 2 rings (SSSR count). The first-order valence-corrected chi connectivity index (χ1v) is 6.76. The zero-order chi connectivity index (χ0) is 13.1. The second kappa shape index (κ2) is 5.92. The molecule has 1 aromatic heterocycles. The Balaban J connectivity index is 2.22. The van der Waals surface area contributed by atoms with Crippen LogP contribution in [0.1, 0.15) is 22.2 Å². The molecule has 0 fully saturated rings. The van der Waals surface area contributed by atoms with Gasteiger partial charge in [-0.1, -0.05) is 35.3 Å². The fourth-order valence-corrected chi connectivity index (χ4v) is 2.88. The van der Waals surface area contributed by atoms with E-state index in [1.165, 1.54) is 0 Å². The molecule has 0 N–H and O–H groups in total. The highest BCUT2D eigenvalue weighted by Gasteiger charge is 2.16. The number of pyridine rings is 1. The van der Waals surface area contributed by atoms with Crippen LogP contribution >= 0.6 is 34.8 Å². The van der Waals surface area contributed by atoms with E-state index >= 15 is 0 Å². The van der Waals surface area contributed by atoms with Gasteiger partial charge in [-0.2, -0.15) is 0 Å². The van der Waals surface area contributed by atoms with Crippen LogP contribution in [0.5, 0.6) is 0 Å². The van der Waals surface area contributed by atoms with Gasteiger partial charge in [0.25, 0.3) is 0 Å². The van der Waals surface area contributed by atoms with Crippen molar-refractivity contribution in [3.63, 3.8) is 0 Å². The van der Waals surface area contributed by atoms with Crippen molar-refractivity contribution in [2.24, 2.45) is 0 Å². The molecule has 1 heterocycles. The van der Waals surface area contributed by atoms with Crippen molar-refractivity contribution in [2.45, 2.75) is 18.7 Å². The van der Waals surface area contributed by atoms with Gasteiger partial charge < -0.3 is 0 Å². The van der Waals surface area contributed by atoms with Gasteiger partial charge in [-0.25, -0.2) is 0 Å². The number of nitrogens with zero attached hydrogens (tertiary/aromatic N) is 1. The van der Waals surface area contributed by atoms with Crippen LogP contribution < -0.4 is 0 Å². The van der Waals surface area contributed by atoms with Crippen LogP contribution in [0, 0.1) is 6.92 Å². The summed E-state index contributed by atoms with van der Waals surface area (Å²) in [4.78, 5) is 4.33. The summed E-state index contributed by atoms with van der Waals surface area (Å²) in [6.07, 6.45) is 2.43. The minimum absolute atomic E-state index is 0.276. The highest BCUT2D eigenvalue weighted by Crippen LogP contribution is 2.35. The van der Waals surface area contributed by atoms with Crippen molar-refractivity contribution in [3.05, 3.63) is 63.4 Å². The van der Waals surface area contributed by atoms with Crippen molar-refractivity contribution >= 4 is 34.8 Å². The number of aryl methyl sites for hydroxylation is 1. The molecule has 1 aromatic carbocycles. The second-order valence-electron chi connectivity index (χ2n) is 4.13. The molecular formula is C14H12Cl3N. The van der Waals surface area contributed by atoms with Crippen molar-refractivity contribution in [1.82, 2.24) is 4.98 Å². The van der Waals surface area contributed by atoms with Crippen LogP contribution in [0.2, 0.25) is 10.0 Å². The number of benzene rings is 1. The van der Waals surface area contributed by atoms with Gasteiger partial charge in [0.05, 0.1) is 5.38 Å². The normalized spacial score (nSPS) is 12.4. The summed E-state index contributed by atoms with van der Waals surface area (Å²) in [6.45, 7) is 2.00. The summed E-state index contributed by atoms with van der Waals surface area (Å²) >= 11 is 18.6. The van der Waals surface area contributed by atoms with Crippen LogP contribution in [0.15, 0.2) is 36.5 Å². The van der Waals surface area contributed by atoms with Crippen molar-refractivity contribution in [2.75, 3.05) is 0 Å². The van der Waals surface area contributed by atoms with E-state index in [1.807, 2.05) is 31.3 Å². The number of hydrogen-bond acceptors (Lipinski definition) is 1. The minimum atomic E-state index is -0.276. The fraction of sp³-hybridized carbons (Fsp3) is 0.214. The lowest BCUT2D eigenvalue weighted by molar-refractivity contribution is 0.879. The smallest absolute Gasteiger partial charge is 0.0670 e. The number of alkyl halides is 1. The first kappa shape index (κ1) is 13.7. The zero-order valence-corrected chi connectivity index (χ0v) is 12.1. The molecule has 0 aliphatic carbocycles. The predicted octanol–water partition coefficient (Wildman–Crippen LogP) is 5.22. The number of aromatic nitrogens is 1. The standard InChI is InChI=1S/C14H12Cl3N/c1-9-5-6-10(18-8-9)7-13(17)14-11(15)3-2-4-12(14)16/h2-6,8,13H,7H2,1H3. The zero-order valence-electron chi connectivity index (χ0n) is 9.83.